The van der Waals surface area contributed by atoms with E-state index in [1.54, 1.807) is 6.07 Å². The van der Waals surface area contributed by atoms with Gasteiger partial charge in [0, 0.05) is 12.6 Å². The molecule has 0 aromatic carbocycles. The van der Waals surface area contributed by atoms with E-state index in [4.69, 9.17) is 11.1 Å². The lowest BCUT2D eigenvalue weighted by Gasteiger charge is -2.23. The lowest BCUT2D eigenvalue weighted by molar-refractivity contribution is 0.704. The molecule has 1 fully saturated rings. The highest BCUT2D eigenvalue weighted by atomic mass is 15.2. The molecule has 17 heavy (non-hydrogen) atoms. The third-order valence-corrected chi connectivity index (χ3v) is 3.04. The van der Waals surface area contributed by atoms with Crippen LogP contribution in [0, 0.1) is 5.41 Å². The van der Waals surface area contributed by atoms with Crippen molar-refractivity contribution in [3.63, 3.8) is 0 Å². The van der Waals surface area contributed by atoms with Gasteiger partial charge in [0.25, 0.3) is 0 Å². The van der Waals surface area contributed by atoms with E-state index in [9.17, 15) is 0 Å². The Hall–Kier alpha value is -1.58. The Balaban J connectivity index is 2.16. The first-order valence-corrected chi connectivity index (χ1v) is 6.30. The van der Waals surface area contributed by atoms with Gasteiger partial charge in [0.2, 0.25) is 0 Å². The number of anilines is 1. The van der Waals surface area contributed by atoms with E-state index >= 15 is 0 Å². The molecule has 92 valence electrons. The summed E-state index contributed by atoms with van der Waals surface area (Å²) in [6.07, 6.45) is 4.89. The molecule has 1 aliphatic carbocycles. The summed E-state index contributed by atoms with van der Waals surface area (Å²) >= 11 is 0. The fourth-order valence-electron chi connectivity index (χ4n) is 1.93. The van der Waals surface area contributed by atoms with E-state index in [2.05, 4.69) is 16.8 Å². The van der Waals surface area contributed by atoms with Gasteiger partial charge in [-0.05, 0) is 31.4 Å². The number of nitrogens with one attached hydrogen (secondary N) is 1. The Morgan fingerprint density at radius 2 is 2.29 bits per heavy atom. The quantitative estimate of drug-likeness (QED) is 0.583. The summed E-state index contributed by atoms with van der Waals surface area (Å²) in [7, 11) is 0. The number of pyridine rings is 1. The van der Waals surface area contributed by atoms with Crippen molar-refractivity contribution in [1.29, 1.82) is 5.41 Å². The van der Waals surface area contributed by atoms with E-state index in [-0.39, 0.29) is 5.84 Å². The maximum absolute atomic E-state index is 7.43. The van der Waals surface area contributed by atoms with Crippen LogP contribution in [0.5, 0.6) is 0 Å². The van der Waals surface area contributed by atoms with E-state index < -0.39 is 0 Å². The van der Waals surface area contributed by atoms with E-state index in [1.807, 2.05) is 12.1 Å². The summed E-state index contributed by atoms with van der Waals surface area (Å²) in [6.45, 7) is 3.25. The second-order valence-electron chi connectivity index (χ2n) is 4.57. The van der Waals surface area contributed by atoms with Crippen LogP contribution < -0.4 is 10.6 Å². The number of hydrogen-bond donors (Lipinski definition) is 2. The van der Waals surface area contributed by atoms with Gasteiger partial charge in [-0.2, -0.15) is 0 Å². The van der Waals surface area contributed by atoms with Crippen molar-refractivity contribution in [2.45, 2.75) is 38.6 Å². The molecule has 3 N–H and O–H groups in total. The molecule has 4 nitrogen and oxygen atoms in total. The van der Waals surface area contributed by atoms with Gasteiger partial charge in [-0.25, -0.2) is 4.98 Å². The van der Waals surface area contributed by atoms with Gasteiger partial charge in [-0.1, -0.05) is 19.4 Å². The first kappa shape index (κ1) is 11.9. The zero-order valence-electron chi connectivity index (χ0n) is 10.3. The zero-order chi connectivity index (χ0) is 12.3. The summed E-state index contributed by atoms with van der Waals surface area (Å²) in [5.74, 6) is 1.01. The fraction of sp³-hybridized carbons (Fsp3) is 0.538. The van der Waals surface area contributed by atoms with Crippen LogP contribution in [0.15, 0.2) is 18.2 Å². The van der Waals surface area contributed by atoms with Crippen molar-refractivity contribution in [2.24, 2.45) is 5.73 Å². The molecule has 0 unspecified atom stereocenters. The number of rotatable bonds is 6. The van der Waals surface area contributed by atoms with E-state index in [0.29, 0.717) is 11.7 Å². The van der Waals surface area contributed by atoms with Crippen LogP contribution in [0.4, 0.5) is 5.82 Å². The van der Waals surface area contributed by atoms with Crippen LogP contribution in [0.1, 0.15) is 38.3 Å². The fourth-order valence-corrected chi connectivity index (χ4v) is 1.93. The summed E-state index contributed by atoms with van der Waals surface area (Å²) < 4.78 is 0. The molecular weight excluding hydrogens is 212 g/mol. The van der Waals surface area contributed by atoms with Gasteiger partial charge in [0.15, 0.2) is 0 Å². The van der Waals surface area contributed by atoms with Gasteiger partial charge >= 0.3 is 0 Å². The highest BCUT2D eigenvalue weighted by molar-refractivity contribution is 5.93. The van der Waals surface area contributed by atoms with Gasteiger partial charge in [0.1, 0.15) is 17.3 Å². The maximum Gasteiger partial charge on any atom is 0.141 e. The standard InChI is InChI=1S/C13H20N4/c1-2-3-9-17(10-7-8-10)12-6-4-5-11(16-12)13(14)15/h4-6,10H,2-3,7-9H2,1H3,(H3,14,15). The molecule has 0 spiro atoms. The lowest BCUT2D eigenvalue weighted by atomic mass is 10.3. The molecule has 4 heteroatoms. The lowest BCUT2D eigenvalue weighted by Crippen LogP contribution is -2.28. The number of amidine groups is 1. The van der Waals surface area contributed by atoms with Crippen LogP contribution >= 0.6 is 0 Å². The first-order valence-electron chi connectivity index (χ1n) is 6.30. The largest absolute Gasteiger partial charge is 0.382 e. The Labute approximate surface area is 102 Å². The number of nitrogens with two attached hydrogens (primary N) is 1. The van der Waals surface area contributed by atoms with Crippen molar-refractivity contribution in [3.05, 3.63) is 23.9 Å². The number of nitrogens with zero attached hydrogens (tertiary/aromatic N) is 2. The van der Waals surface area contributed by atoms with Crippen LogP contribution in [-0.2, 0) is 0 Å². The summed E-state index contributed by atoms with van der Waals surface area (Å²) in [6, 6.07) is 6.38. The number of hydrogen-bond acceptors (Lipinski definition) is 3. The third kappa shape index (κ3) is 2.96. The predicted octanol–water partition coefficient (Wildman–Crippen LogP) is 2.13. The molecule has 1 aliphatic rings. The van der Waals surface area contributed by atoms with Gasteiger partial charge in [0.05, 0.1) is 0 Å². The molecule has 1 aromatic heterocycles. The second kappa shape index (κ2) is 5.17. The second-order valence-corrected chi connectivity index (χ2v) is 4.57. The Kier molecular flexibility index (Phi) is 3.61. The van der Waals surface area contributed by atoms with E-state index in [0.717, 1.165) is 12.4 Å². The first-order chi connectivity index (χ1) is 8.22. The van der Waals surface area contributed by atoms with Crippen molar-refractivity contribution >= 4 is 11.7 Å². The van der Waals surface area contributed by atoms with Crippen molar-refractivity contribution < 1.29 is 0 Å². The number of unbranched alkanes of at least 4 members (excludes halogenated alkanes) is 1. The minimum Gasteiger partial charge on any atom is -0.382 e. The Bertz CT molecular complexity index is 398. The summed E-state index contributed by atoms with van der Waals surface area (Å²) in [5.41, 5.74) is 6.05. The Morgan fingerprint density at radius 1 is 1.53 bits per heavy atom. The van der Waals surface area contributed by atoms with Crippen molar-refractivity contribution in [2.75, 3.05) is 11.4 Å². The topological polar surface area (TPSA) is 66.0 Å². The minimum absolute atomic E-state index is 0.0399. The number of aromatic nitrogens is 1. The molecule has 0 bridgehead atoms. The highest BCUT2D eigenvalue weighted by Crippen LogP contribution is 2.30. The maximum atomic E-state index is 7.43. The van der Waals surface area contributed by atoms with Gasteiger partial charge < -0.3 is 10.6 Å². The molecule has 0 amide bonds. The predicted molar refractivity (Wildman–Crippen MR) is 70.5 cm³/mol. The average molecular weight is 232 g/mol. The molecule has 0 aliphatic heterocycles. The SMILES string of the molecule is CCCCN(c1cccc(C(=N)N)n1)C1CC1. The van der Waals surface area contributed by atoms with E-state index in [1.165, 1.54) is 25.7 Å². The monoisotopic (exact) mass is 232 g/mol. The summed E-state index contributed by atoms with van der Waals surface area (Å²) in [4.78, 5) is 6.82. The minimum atomic E-state index is 0.0399. The highest BCUT2D eigenvalue weighted by Gasteiger charge is 2.29. The smallest absolute Gasteiger partial charge is 0.141 e. The molecule has 0 radical (unpaired) electrons. The average Bonchev–Trinajstić information content (AvgIpc) is 3.14. The normalized spacial score (nSPS) is 14.6. The van der Waals surface area contributed by atoms with Crippen molar-refractivity contribution in [1.82, 2.24) is 4.98 Å². The molecule has 1 saturated carbocycles. The van der Waals surface area contributed by atoms with Crippen LogP contribution in [0.3, 0.4) is 0 Å². The molecule has 0 atom stereocenters. The zero-order valence-corrected chi connectivity index (χ0v) is 10.3. The Morgan fingerprint density at radius 3 is 2.88 bits per heavy atom. The molecule has 2 rings (SSSR count). The molecule has 0 saturated heterocycles. The van der Waals surface area contributed by atoms with Crippen LogP contribution in [-0.4, -0.2) is 23.4 Å². The van der Waals surface area contributed by atoms with Crippen molar-refractivity contribution in [3.8, 4) is 0 Å². The van der Waals surface area contributed by atoms with Gasteiger partial charge in [-0.15, -0.1) is 0 Å². The molecule has 1 heterocycles. The molecule has 1 aromatic rings. The van der Waals surface area contributed by atoms with Crippen LogP contribution in [0.25, 0.3) is 0 Å². The van der Waals surface area contributed by atoms with Crippen LogP contribution in [0.2, 0.25) is 0 Å². The summed E-state index contributed by atoms with van der Waals surface area (Å²) in [5, 5.41) is 7.43. The molecular formula is C13H20N4. The van der Waals surface area contributed by atoms with Gasteiger partial charge in [-0.3, -0.25) is 5.41 Å². The third-order valence-electron chi connectivity index (χ3n) is 3.04. The number of nitrogen functional groups attached to an aromatic ring is 1.